The SMILES string of the molecule is CNCCC(NC(=O)N(C)CC1CSC(C(C)C)=N1)C(=O)NC(CCC(Cc1ccccc1)NC(=O)OCc1cncs1)Cc1ccccc1. The van der Waals surface area contributed by atoms with Crippen LogP contribution in [-0.2, 0) is 29.0 Å². The highest BCUT2D eigenvalue weighted by atomic mass is 32.2. The Labute approximate surface area is 304 Å². The van der Waals surface area contributed by atoms with Crippen molar-refractivity contribution in [2.75, 3.05) is 32.9 Å². The molecule has 0 spiro atoms. The van der Waals surface area contributed by atoms with Gasteiger partial charge in [-0.2, -0.15) is 0 Å². The van der Waals surface area contributed by atoms with E-state index in [1.807, 2.05) is 67.7 Å². The largest absolute Gasteiger partial charge is 0.444 e. The molecule has 0 aliphatic carbocycles. The van der Waals surface area contributed by atoms with Gasteiger partial charge in [-0.1, -0.05) is 74.5 Å². The molecule has 0 fully saturated rings. The van der Waals surface area contributed by atoms with E-state index in [9.17, 15) is 14.4 Å². The Balaban J connectivity index is 1.42. The van der Waals surface area contributed by atoms with Gasteiger partial charge in [-0.3, -0.25) is 14.8 Å². The van der Waals surface area contributed by atoms with Crippen LogP contribution in [0.4, 0.5) is 9.59 Å². The lowest BCUT2D eigenvalue weighted by Crippen LogP contribution is -2.54. The second kappa shape index (κ2) is 20.7. The third-order valence-corrected chi connectivity index (χ3v) is 10.5. The zero-order valence-electron chi connectivity index (χ0n) is 29.5. The van der Waals surface area contributed by atoms with E-state index in [-0.39, 0.29) is 36.7 Å². The molecule has 1 aromatic heterocycles. The summed E-state index contributed by atoms with van der Waals surface area (Å²) in [6.45, 7) is 5.44. The van der Waals surface area contributed by atoms with Crippen LogP contribution in [0.2, 0.25) is 0 Å². The topological polar surface area (TPSA) is 137 Å². The fraction of sp³-hybridized carbons (Fsp3) is 0.486. The van der Waals surface area contributed by atoms with Crippen LogP contribution in [0, 0.1) is 5.92 Å². The number of rotatable bonds is 19. The lowest BCUT2D eigenvalue weighted by molar-refractivity contribution is -0.123. The molecule has 2 heterocycles. The van der Waals surface area contributed by atoms with Gasteiger partial charge in [-0.15, -0.1) is 23.1 Å². The number of nitrogens with one attached hydrogen (secondary N) is 4. The summed E-state index contributed by atoms with van der Waals surface area (Å²) < 4.78 is 5.50. The van der Waals surface area contributed by atoms with Crippen molar-refractivity contribution in [1.29, 1.82) is 0 Å². The first kappa shape index (κ1) is 38.9. The van der Waals surface area contributed by atoms with Crippen LogP contribution in [0.25, 0.3) is 0 Å². The molecule has 1 aliphatic rings. The molecule has 2 aromatic carbocycles. The van der Waals surface area contributed by atoms with E-state index in [1.54, 1.807) is 35.4 Å². The summed E-state index contributed by atoms with van der Waals surface area (Å²) in [5, 5.41) is 13.5. The summed E-state index contributed by atoms with van der Waals surface area (Å²) in [7, 11) is 3.57. The molecular formula is C37H51N7O4S2. The van der Waals surface area contributed by atoms with Crippen LogP contribution in [0.1, 0.15) is 49.1 Å². The standard InChI is InChI=1S/C37H51N7O4S2/c1-26(2)35-41-31(24-49-35)22-44(4)36(46)43-33(17-18-38-3)34(45)40-29(19-27-11-7-5-8-12-27)15-16-30(20-28-13-9-6-10-14-28)42-37(47)48-23-32-21-39-25-50-32/h5-14,21,25-26,29-31,33,38H,15-20,22-24H2,1-4H3,(H,40,45)(H,42,47)(H,43,46). The van der Waals surface area contributed by atoms with Crippen molar-refractivity contribution in [2.45, 2.75) is 76.7 Å². The summed E-state index contributed by atoms with van der Waals surface area (Å²) in [5.74, 6) is 0.978. The molecule has 4 amide bonds. The van der Waals surface area contributed by atoms with Gasteiger partial charge in [0.2, 0.25) is 5.91 Å². The number of amides is 4. The molecule has 0 saturated carbocycles. The number of benzene rings is 2. The number of carbonyl (C=O) groups is 3. The number of aliphatic imine (C=N–C) groups is 1. The number of aromatic nitrogens is 1. The van der Waals surface area contributed by atoms with Gasteiger partial charge in [0, 0.05) is 43.5 Å². The maximum absolute atomic E-state index is 13.9. The van der Waals surface area contributed by atoms with Gasteiger partial charge in [0.05, 0.1) is 21.5 Å². The summed E-state index contributed by atoms with van der Waals surface area (Å²) in [5.41, 5.74) is 3.88. The highest BCUT2D eigenvalue weighted by Gasteiger charge is 2.28. The minimum absolute atomic E-state index is 0.0374. The lowest BCUT2D eigenvalue weighted by Gasteiger charge is -2.27. The van der Waals surface area contributed by atoms with Crippen LogP contribution in [0.5, 0.6) is 0 Å². The van der Waals surface area contributed by atoms with Crippen LogP contribution in [0.3, 0.4) is 0 Å². The Hall–Kier alpha value is -3.94. The number of ether oxygens (including phenoxy) is 1. The zero-order chi connectivity index (χ0) is 35.7. The van der Waals surface area contributed by atoms with E-state index >= 15 is 0 Å². The summed E-state index contributed by atoms with van der Waals surface area (Å²) >= 11 is 3.18. The van der Waals surface area contributed by atoms with Crippen LogP contribution >= 0.6 is 23.1 Å². The predicted molar refractivity (Wildman–Crippen MR) is 203 cm³/mol. The summed E-state index contributed by atoms with van der Waals surface area (Å²) in [4.78, 5) is 51.4. The molecule has 0 radical (unpaired) electrons. The number of alkyl carbamates (subject to hydrolysis) is 1. The fourth-order valence-corrected chi connectivity index (χ4v) is 7.28. The van der Waals surface area contributed by atoms with Gasteiger partial charge in [0.25, 0.3) is 0 Å². The third-order valence-electron chi connectivity index (χ3n) is 8.37. The van der Waals surface area contributed by atoms with E-state index in [4.69, 9.17) is 9.73 Å². The van der Waals surface area contributed by atoms with E-state index in [0.717, 1.165) is 26.8 Å². The molecule has 4 rings (SSSR count). The van der Waals surface area contributed by atoms with E-state index in [1.165, 1.54) is 11.3 Å². The van der Waals surface area contributed by atoms with Crippen LogP contribution in [-0.4, -0.2) is 90.1 Å². The van der Waals surface area contributed by atoms with Crippen molar-refractivity contribution in [3.05, 3.63) is 88.4 Å². The molecule has 3 aromatic rings. The smallest absolute Gasteiger partial charge is 0.407 e. The Morgan fingerprint density at radius 1 is 0.920 bits per heavy atom. The number of likely N-dealkylation sites (N-methyl/N-ethyl adjacent to an activating group) is 1. The molecule has 11 nitrogen and oxygen atoms in total. The highest BCUT2D eigenvalue weighted by Crippen LogP contribution is 2.23. The average molecular weight is 722 g/mol. The minimum atomic E-state index is -0.733. The van der Waals surface area contributed by atoms with Crippen molar-refractivity contribution < 1.29 is 19.1 Å². The third kappa shape index (κ3) is 13.4. The second-order valence-corrected chi connectivity index (χ2v) is 14.9. The minimum Gasteiger partial charge on any atom is -0.444 e. The van der Waals surface area contributed by atoms with Crippen molar-refractivity contribution in [1.82, 2.24) is 31.2 Å². The summed E-state index contributed by atoms with van der Waals surface area (Å²) in [6, 6.07) is 18.5. The summed E-state index contributed by atoms with van der Waals surface area (Å²) in [6.07, 6.45) is 4.02. The van der Waals surface area contributed by atoms with Crippen LogP contribution in [0.15, 0.2) is 77.4 Å². The first-order chi connectivity index (χ1) is 24.2. The Bertz CT molecular complexity index is 1490. The molecule has 50 heavy (non-hydrogen) atoms. The normalized spacial score (nSPS) is 15.9. The Kier molecular flexibility index (Phi) is 16.1. The monoisotopic (exact) mass is 721 g/mol. The zero-order valence-corrected chi connectivity index (χ0v) is 31.1. The van der Waals surface area contributed by atoms with Gasteiger partial charge in [-0.05, 0) is 56.8 Å². The van der Waals surface area contributed by atoms with Gasteiger partial charge in [0.15, 0.2) is 0 Å². The number of hydrogen-bond donors (Lipinski definition) is 4. The first-order valence-electron chi connectivity index (χ1n) is 17.3. The fourth-order valence-electron chi connectivity index (χ4n) is 5.67. The molecule has 4 N–H and O–H groups in total. The molecule has 0 saturated heterocycles. The Morgan fingerprint density at radius 2 is 1.56 bits per heavy atom. The average Bonchev–Trinajstić information content (AvgIpc) is 3.82. The maximum Gasteiger partial charge on any atom is 0.407 e. The number of thioether (sulfide) groups is 1. The van der Waals surface area contributed by atoms with Gasteiger partial charge in [0.1, 0.15) is 12.6 Å². The van der Waals surface area contributed by atoms with E-state index in [0.29, 0.717) is 51.1 Å². The van der Waals surface area contributed by atoms with Crippen molar-refractivity contribution in [3.8, 4) is 0 Å². The van der Waals surface area contributed by atoms with Crippen LogP contribution < -0.4 is 21.3 Å². The van der Waals surface area contributed by atoms with E-state index < -0.39 is 12.1 Å². The molecule has 0 bridgehead atoms. The molecule has 270 valence electrons. The van der Waals surface area contributed by atoms with Gasteiger partial charge in [-0.25, -0.2) is 9.59 Å². The lowest BCUT2D eigenvalue weighted by atomic mass is 9.95. The molecule has 1 aliphatic heterocycles. The predicted octanol–water partition coefficient (Wildman–Crippen LogP) is 5.28. The molecule has 13 heteroatoms. The molecule has 4 unspecified atom stereocenters. The van der Waals surface area contributed by atoms with Gasteiger partial charge >= 0.3 is 12.1 Å². The van der Waals surface area contributed by atoms with Crippen molar-refractivity contribution in [2.24, 2.45) is 10.9 Å². The number of hydrogen-bond acceptors (Lipinski definition) is 9. The first-order valence-corrected chi connectivity index (χ1v) is 19.1. The number of nitrogens with zero attached hydrogens (tertiary/aromatic N) is 3. The number of carbonyl (C=O) groups excluding carboxylic acids is 3. The maximum atomic E-state index is 13.9. The molecule has 4 atom stereocenters. The van der Waals surface area contributed by atoms with Gasteiger partial charge < -0.3 is 30.9 Å². The molecular weight excluding hydrogens is 671 g/mol. The number of urea groups is 1. The van der Waals surface area contributed by atoms with Crippen molar-refractivity contribution >= 4 is 46.2 Å². The van der Waals surface area contributed by atoms with Crippen molar-refractivity contribution in [3.63, 3.8) is 0 Å². The number of thiazole rings is 1. The quantitative estimate of drug-likeness (QED) is 0.132. The second-order valence-electron chi connectivity index (χ2n) is 12.9. The highest BCUT2D eigenvalue weighted by molar-refractivity contribution is 8.14. The van der Waals surface area contributed by atoms with E-state index in [2.05, 4.69) is 40.1 Å². The Morgan fingerprint density at radius 3 is 2.12 bits per heavy atom.